The Morgan fingerprint density at radius 3 is 2.70 bits per heavy atom. The third-order valence-corrected chi connectivity index (χ3v) is 5.59. The first kappa shape index (κ1) is 18.1. The highest BCUT2D eigenvalue weighted by Crippen LogP contribution is 2.37. The molecule has 2 saturated heterocycles. The number of ether oxygens (including phenoxy) is 2. The fraction of sp³-hybridized carbons (Fsp3) is 0.600. The van der Waals surface area contributed by atoms with Gasteiger partial charge in [-0.15, -0.1) is 0 Å². The Morgan fingerprint density at radius 2 is 1.89 bits per heavy atom. The molecule has 0 aliphatic carbocycles. The van der Waals surface area contributed by atoms with Crippen molar-refractivity contribution in [3.05, 3.63) is 18.2 Å². The predicted molar refractivity (Wildman–Crippen MR) is 101 cm³/mol. The van der Waals surface area contributed by atoms with Gasteiger partial charge in [-0.1, -0.05) is 12.8 Å². The Labute approximate surface area is 159 Å². The second-order valence-corrected chi connectivity index (χ2v) is 7.49. The Bertz CT molecular complexity index is 700. The van der Waals surface area contributed by atoms with Crippen molar-refractivity contribution in [1.82, 2.24) is 10.2 Å². The van der Waals surface area contributed by atoms with Crippen LogP contribution in [-0.4, -0.2) is 56.2 Å². The molecule has 4 rings (SSSR count). The summed E-state index contributed by atoms with van der Waals surface area (Å²) in [5.41, 5.74) is 0.754. The molecule has 0 aromatic heterocycles. The second kappa shape index (κ2) is 8.17. The number of anilines is 1. The Morgan fingerprint density at radius 1 is 1.11 bits per heavy atom. The third kappa shape index (κ3) is 4.18. The summed E-state index contributed by atoms with van der Waals surface area (Å²) >= 11 is 0. The lowest BCUT2D eigenvalue weighted by Crippen LogP contribution is -2.38. The third-order valence-electron chi connectivity index (χ3n) is 5.59. The normalized spacial score (nSPS) is 22.7. The number of nitrogens with zero attached hydrogens (tertiary/aromatic N) is 2. The van der Waals surface area contributed by atoms with E-state index in [-0.39, 0.29) is 30.9 Å². The van der Waals surface area contributed by atoms with E-state index in [0.717, 1.165) is 25.3 Å². The van der Waals surface area contributed by atoms with Gasteiger partial charge in [0.25, 0.3) is 0 Å². The molecule has 7 heteroatoms. The minimum absolute atomic E-state index is 0.0264. The van der Waals surface area contributed by atoms with Crippen molar-refractivity contribution in [2.24, 2.45) is 5.92 Å². The number of carbonyl (C=O) groups is 2. The number of rotatable bonds is 5. The highest BCUT2D eigenvalue weighted by molar-refractivity contribution is 6.00. The van der Waals surface area contributed by atoms with Crippen LogP contribution in [-0.2, 0) is 9.59 Å². The monoisotopic (exact) mass is 373 g/mol. The van der Waals surface area contributed by atoms with Crippen LogP contribution < -0.4 is 19.7 Å². The van der Waals surface area contributed by atoms with Crippen molar-refractivity contribution in [2.45, 2.75) is 32.1 Å². The molecule has 1 unspecified atom stereocenters. The van der Waals surface area contributed by atoms with Crippen molar-refractivity contribution >= 4 is 17.5 Å². The zero-order valence-electron chi connectivity index (χ0n) is 15.6. The molecule has 7 nitrogen and oxygen atoms in total. The smallest absolute Gasteiger partial charge is 0.231 e. The number of hydrogen-bond donors (Lipinski definition) is 1. The zero-order valence-corrected chi connectivity index (χ0v) is 15.6. The maximum absolute atomic E-state index is 12.5. The van der Waals surface area contributed by atoms with Gasteiger partial charge >= 0.3 is 0 Å². The number of nitrogens with one attached hydrogen (secondary N) is 1. The number of hydrogen-bond acceptors (Lipinski definition) is 5. The fourth-order valence-corrected chi connectivity index (χ4v) is 4.03. The highest BCUT2D eigenvalue weighted by Gasteiger charge is 2.35. The van der Waals surface area contributed by atoms with Crippen molar-refractivity contribution < 1.29 is 19.1 Å². The summed E-state index contributed by atoms with van der Waals surface area (Å²) in [5, 5.41) is 3.02. The number of amides is 2. The van der Waals surface area contributed by atoms with E-state index >= 15 is 0 Å². The molecule has 27 heavy (non-hydrogen) atoms. The molecule has 1 N–H and O–H groups in total. The molecule has 2 fully saturated rings. The van der Waals surface area contributed by atoms with Crippen LogP contribution in [0, 0.1) is 5.92 Å². The van der Waals surface area contributed by atoms with E-state index in [1.54, 1.807) is 17.0 Å². The largest absolute Gasteiger partial charge is 0.454 e. The van der Waals surface area contributed by atoms with Gasteiger partial charge in [0.15, 0.2) is 11.5 Å². The molecule has 2 amide bonds. The summed E-state index contributed by atoms with van der Waals surface area (Å²) in [7, 11) is 0. The van der Waals surface area contributed by atoms with Gasteiger partial charge in [-0.2, -0.15) is 0 Å². The maximum atomic E-state index is 12.5. The molecule has 146 valence electrons. The molecule has 1 aromatic rings. The van der Waals surface area contributed by atoms with E-state index in [0.29, 0.717) is 24.6 Å². The van der Waals surface area contributed by atoms with Crippen LogP contribution in [0.15, 0.2) is 18.2 Å². The van der Waals surface area contributed by atoms with Gasteiger partial charge in [-0.3, -0.25) is 9.59 Å². The number of benzene rings is 1. The number of fused-ring (bicyclic) bond motifs is 1. The van der Waals surface area contributed by atoms with E-state index in [1.165, 1.54) is 25.7 Å². The Balaban J connectivity index is 1.28. The average Bonchev–Trinajstić information content (AvgIpc) is 3.20. The average molecular weight is 373 g/mol. The SMILES string of the molecule is O=C(NCCN1CCCCCC1)C1CC(=O)N(c2ccc3c(c2)OCO3)C1. The van der Waals surface area contributed by atoms with Gasteiger partial charge in [0.1, 0.15) is 0 Å². The Kier molecular flexibility index (Phi) is 5.48. The van der Waals surface area contributed by atoms with Gasteiger partial charge in [0.05, 0.1) is 5.92 Å². The van der Waals surface area contributed by atoms with Crippen LogP contribution >= 0.6 is 0 Å². The summed E-state index contributed by atoms with van der Waals surface area (Å²) in [6, 6.07) is 5.45. The van der Waals surface area contributed by atoms with Crippen LogP contribution in [0.3, 0.4) is 0 Å². The van der Waals surface area contributed by atoms with E-state index < -0.39 is 0 Å². The number of likely N-dealkylation sites (tertiary alicyclic amines) is 1. The van der Waals surface area contributed by atoms with Crippen molar-refractivity contribution in [3.8, 4) is 11.5 Å². The van der Waals surface area contributed by atoms with Crippen LogP contribution in [0.2, 0.25) is 0 Å². The van der Waals surface area contributed by atoms with E-state index in [2.05, 4.69) is 10.2 Å². The lowest BCUT2D eigenvalue weighted by atomic mass is 10.1. The zero-order chi connectivity index (χ0) is 18.6. The predicted octanol–water partition coefficient (Wildman–Crippen LogP) is 1.76. The van der Waals surface area contributed by atoms with Crippen molar-refractivity contribution in [2.75, 3.05) is 44.4 Å². The summed E-state index contributed by atoms with van der Waals surface area (Å²) in [6.45, 7) is 4.39. The van der Waals surface area contributed by atoms with E-state index in [1.807, 2.05) is 6.07 Å². The molecular formula is C20H27N3O4. The van der Waals surface area contributed by atoms with Gasteiger partial charge < -0.3 is 24.6 Å². The molecule has 0 radical (unpaired) electrons. The summed E-state index contributed by atoms with van der Waals surface area (Å²) in [6.07, 6.45) is 5.36. The molecule has 1 aromatic carbocycles. The van der Waals surface area contributed by atoms with Crippen LogP contribution in [0.25, 0.3) is 0 Å². The van der Waals surface area contributed by atoms with Crippen molar-refractivity contribution in [1.29, 1.82) is 0 Å². The minimum atomic E-state index is -0.299. The minimum Gasteiger partial charge on any atom is -0.454 e. The van der Waals surface area contributed by atoms with E-state index in [9.17, 15) is 9.59 Å². The first-order valence-corrected chi connectivity index (χ1v) is 9.91. The highest BCUT2D eigenvalue weighted by atomic mass is 16.7. The quantitative estimate of drug-likeness (QED) is 0.852. The molecule has 3 heterocycles. The first-order valence-electron chi connectivity index (χ1n) is 9.91. The molecule has 0 saturated carbocycles. The first-order chi connectivity index (χ1) is 13.2. The lowest BCUT2D eigenvalue weighted by molar-refractivity contribution is -0.126. The Hall–Kier alpha value is -2.28. The molecule has 0 bridgehead atoms. The van der Waals surface area contributed by atoms with Gasteiger partial charge in [0, 0.05) is 37.8 Å². The van der Waals surface area contributed by atoms with Gasteiger partial charge in [0.2, 0.25) is 18.6 Å². The van der Waals surface area contributed by atoms with Gasteiger partial charge in [-0.05, 0) is 38.1 Å². The molecule has 3 aliphatic heterocycles. The molecule has 3 aliphatic rings. The summed E-state index contributed by atoms with van der Waals surface area (Å²) in [5.74, 6) is 0.980. The van der Waals surface area contributed by atoms with Gasteiger partial charge in [-0.25, -0.2) is 0 Å². The van der Waals surface area contributed by atoms with Crippen LogP contribution in [0.1, 0.15) is 32.1 Å². The lowest BCUT2D eigenvalue weighted by Gasteiger charge is -2.20. The fourth-order valence-electron chi connectivity index (χ4n) is 4.03. The maximum Gasteiger partial charge on any atom is 0.231 e. The van der Waals surface area contributed by atoms with Crippen LogP contribution in [0.5, 0.6) is 11.5 Å². The summed E-state index contributed by atoms with van der Waals surface area (Å²) in [4.78, 5) is 29.0. The van der Waals surface area contributed by atoms with E-state index in [4.69, 9.17) is 9.47 Å². The standard InChI is InChI=1S/C20H27N3O4/c24-19-11-15(20(25)21-7-10-22-8-3-1-2-4-9-22)13-23(19)16-5-6-17-18(12-16)27-14-26-17/h5-6,12,15H,1-4,7-11,13-14H2,(H,21,25). The van der Waals surface area contributed by atoms with Crippen LogP contribution in [0.4, 0.5) is 5.69 Å². The molecule has 0 spiro atoms. The molecule has 1 atom stereocenters. The molecular weight excluding hydrogens is 346 g/mol. The van der Waals surface area contributed by atoms with Crippen molar-refractivity contribution in [3.63, 3.8) is 0 Å². The topological polar surface area (TPSA) is 71.1 Å². The second-order valence-electron chi connectivity index (χ2n) is 7.49. The summed E-state index contributed by atoms with van der Waals surface area (Å²) < 4.78 is 10.7. The number of carbonyl (C=O) groups excluding carboxylic acids is 2.